The van der Waals surface area contributed by atoms with Gasteiger partial charge >= 0.3 is 6.18 Å². The van der Waals surface area contributed by atoms with Crippen LogP contribution in [0.4, 0.5) is 33.6 Å². The van der Waals surface area contributed by atoms with Crippen molar-refractivity contribution in [2.24, 2.45) is 11.3 Å². The van der Waals surface area contributed by atoms with Crippen molar-refractivity contribution in [3.8, 4) is 5.88 Å². The van der Waals surface area contributed by atoms with Crippen LogP contribution in [0.1, 0.15) is 37.1 Å². The van der Waals surface area contributed by atoms with E-state index in [2.05, 4.69) is 25.2 Å². The van der Waals surface area contributed by atoms with Crippen LogP contribution < -0.4 is 15.0 Å². The molecule has 7 nitrogen and oxygen atoms in total. The zero-order chi connectivity index (χ0) is 24.3. The van der Waals surface area contributed by atoms with Crippen LogP contribution in [-0.4, -0.2) is 53.8 Å². The second-order valence-corrected chi connectivity index (χ2v) is 8.81. The molecule has 184 valence electrons. The number of hydrogen-bond donors (Lipinski definition) is 2. The van der Waals surface area contributed by atoms with E-state index in [0.29, 0.717) is 12.4 Å². The third-order valence-electron chi connectivity index (χ3n) is 6.42. The summed E-state index contributed by atoms with van der Waals surface area (Å²) in [6.07, 6.45) is -0.833. The number of alkyl halides is 5. The first-order valence-corrected chi connectivity index (χ1v) is 11.0. The zero-order valence-corrected chi connectivity index (χ0v) is 18.3. The van der Waals surface area contributed by atoms with Gasteiger partial charge in [0, 0.05) is 25.4 Å². The molecule has 1 aliphatic heterocycles. The van der Waals surface area contributed by atoms with Crippen molar-refractivity contribution in [2.45, 2.75) is 38.3 Å². The Hall–Kier alpha value is -3.05. The molecule has 0 bridgehead atoms. The summed E-state index contributed by atoms with van der Waals surface area (Å²) in [6.45, 7) is 1.22. The number of hydrogen-bond acceptors (Lipinski definition) is 7. The van der Waals surface area contributed by atoms with Crippen molar-refractivity contribution in [2.75, 3.05) is 36.5 Å². The van der Waals surface area contributed by atoms with Gasteiger partial charge in [0.25, 0.3) is 6.43 Å². The summed E-state index contributed by atoms with van der Waals surface area (Å²) >= 11 is 0. The number of rotatable bonds is 8. The van der Waals surface area contributed by atoms with E-state index >= 15 is 0 Å². The molecule has 0 radical (unpaired) electrons. The number of aromatic nitrogens is 3. The summed E-state index contributed by atoms with van der Waals surface area (Å²) in [5.41, 5.74) is -0.591. The van der Waals surface area contributed by atoms with Gasteiger partial charge in [-0.05, 0) is 43.1 Å². The van der Waals surface area contributed by atoms with E-state index < -0.39 is 24.8 Å². The smallest absolute Gasteiger partial charge is 0.433 e. The minimum absolute atomic E-state index is 0.0196. The molecule has 4 rings (SSSR count). The standard InChI is InChI=1S/C22H25F5N6O/c23-17(24)11-30-20-15(10-28)29-12-18(32-20)33-6-4-21(5-7-33)8-14(9-21)13-34-19-3-1-2-16(31-19)22(25,26)27/h1-3,10,12,14,17,28H,4-9,11,13H2,(H,30,32). The summed E-state index contributed by atoms with van der Waals surface area (Å²) in [5, 5.41) is 9.93. The highest BCUT2D eigenvalue weighted by molar-refractivity contribution is 5.81. The van der Waals surface area contributed by atoms with Crippen LogP contribution in [0.25, 0.3) is 0 Å². The molecule has 2 aromatic rings. The van der Waals surface area contributed by atoms with E-state index in [-0.39, 0.29) is 28.7 Å². The van der Waals surface area contributed by atoms with E-state index in [1.165, 1.54) is 12.1 Å². The lowest BCUT2D eigenvalue weighted by Crippen LogP contribution is -2.48. The van der Waals surface area contributed by atoms with Crippen molar-refractivity contribution in [3.05, 3.63) is 35.8 Å². The number of ether oxygens (including phenoxy) is 1. The van der Waals surface area contributed by atoms with E-state index in [1.54, 1.807) is 6.20 Å². The molecule has 12 heteroatoms. The fraction of sp³-hybridized carbons (Fsp3) is 0.545. The van der Waals surface area contributed by atoms with Crippen LogP contribution in [0.2, 0.25) is 0 Å². The van der Waals surface area contributed by atoms with E-state index in [4.69, 9.17) is 10.1 Å². The van der Waals surface area contributed by atoms with Gasteiger partial charge in [-0.25, -0.2) is 23.7 Å². The number of anilines is 2. The molecule has 0 atom stereocenters. The highest BCUT2D eigenvalue weighted by Gasteiger charge is 2.46. The predicted octanol–water partition coefficient (Wildman–Crippen LogP) is 4.64. The molecule has 1 aliphatic carbocycles. The summed E-state index contributed by atoms with van der Waals surface area (Å²) < 4.78 is 69.0. The van der Waals surface area contributed by atoms with Gasteiger partial charge in [0.1, 0.15) is 17.2 Å². The van der Waals surface area contributed by atoms with E-state index in [1.807, 2.05) is 0 Å². The van der Waals surface area contributed by atoms with Crippen LogP contribution in [0.15, 0.2) is 24.4 Å². The first-order valence-electron chi connectivity index (χ1n) is 11.0. The van der Waals surface area contributed by atoms with E-state index in [9.17, 15) is 22.0 Å². The van der Waals surface area contributed by atoms with Gasteiger partial charge in [-0.2, -0.15) is 13.2 Å². The quantitative estimate of drug-likeness (QED) is 0.419. The largest absolute Gasteiger partial charge is 0.477 e. The molecule has 2 fully saturated rings. The van der Waals surface area contributed by atoms with Gasteiger partial charge in [-0.3, -0.25) is 0 Å². The SMILES string of the molecule is N=Cc1ncc(N2CCC3(CC2)CC(COc2cccc(C(F)(F)F)n2)C3)nc1NCC(F)F. The molecule has 0 aromatic carbocycles. The lowest BCUT2D eigenvalue weighted by Gasteiger charge is -2.52. The molecule has 0 amide bonds. The average Bonchev–Trinajstić information content (AvgIpc) is 2.79. The summed E-state index contributed by atoms with van der Waals surface area (Å²) in [7, 11) is 0. The number of piperidine rings is 1. The Kier molecular flexibility index (Phi) is 6.85. The first kappa shape index (κ1) is 24.1. The van der Waals surface area contributed by atoms with Gasteiger partial charge in [-0.1, -0.05) is 6.07 Å². The fourth-order valence-corrected chi connectivity index (χ4v) is 4.71. The molecule has 1 saturated carbocycles. The molecular formula is C22H25F5N6O. The van der Waals surface area contributed by atoms with Crippen molar-refractivity contribution < 1.29 is 26.7 Å². The molecule has 3 heterocycles. The van der Waals surface area contributed by atoms with Crippen LogP contribution in [0.5, 0.6) is 5.88 Å². The van der Waals surface area contributed by atoms with E-state index in [0.717, 1.165) is 51.1 Å². The maximum absolute atomic E-state index is 12.8. The average molecular weight is 484 g/mol. The molecule has 34 heavy (non-hydrogen) atoms. The Bertz CT molecular complexity index is 1000. The van der Waals surface area contributed by atoms with Gasteiger partial charge in [0.2, 0.25) is 5.88 Å². The van der Waals surface area contributed by atoms with Crippen molar-refractivity contribution in [3.63, 3.8) is 0 Å². The lowest BCUT2D eigenvalue weighted by atomic mass is 9.58. The van der Waals surface area contributed by atoms with Crippen LogP contribution in [0, 0.1) is 16.7 Å². The number of halogens is 5. The Morgan fingerprint density at radius 3 is 2.59 bits per heavy atom. The Balaban J connectivity index is 1.27. The minimum Gasteiger partial charge on any atom is -0.477 e. The third-order valence-corrected chi connectivity index (χ3v) is 6.42. The summed E-state index contributed by atoms with van der Waals surface area (Å²) in [5.74, 6) is 0.984. The van der Waals surface area contributed by atoms with Crippen LogP contribution in [0.3, 0.4) is 0 Å². The first-order chi connectivity index (χ1) is 16.2. The molecule has 1 spiro atoms. The normalized spacial score (nSPS) is 18.1. The third kappa shape index (κ3) is 5.53. The fourth-order valence-electron chi connectivity index (χ4n) is 4.71. The number of pyridine rings is 1. The molecule has 0 unspecified atom stereocenters. The van der Waals surface area contributed by atoms with Gasteiger partial charge in [0.15, 0.2) is 5.82 Å². The maximum atomic E-state index is 12.8. The molecule has 2 aliphatic rings. The molecule has 2 N–H and O–H groups in total. The highest BCUT2D eigenvalue weighted by atomic mass is 19.4. The lowest BCUT2D eigenvalue weighted by molar-refractivity contribution is -0.141. The highest BCUT2D eigenvalue weighted by Crippen LogP contribution is 2.52. The number of nitrogens with zero attached hydrogens (tertiary/aromatic N) is 4. The molecular weight excluding hydrogens is 459 g/mol. The van der Waals surface area contributed by atoms with Gasteiger partial charge < -0.3 is 20.4 Å². The Labute approximate surface area is 193 Å². The Morgan fingerprint density at radius 1 is 1.21 bits per heavy atom. The maximum Gasteiger partial charge on any atom is 0.433 e. The zero-order valence-electron chi connectivity index (χ0n) is 18.3. The topological polar surface area (TPSA) is 87.0 Å². The minimum atomic E-state index is -4.50. The molecule has 2 aromatic heterocycles. The summed E-state index contributed by atoms with van der Waals surface area (Å²) in [4.78, 5) is 14.1. The monoisotopic (exact) mass is 484 g/mol. The number of nitrogens with one attached hydrogen (secondary N) is 2. The Morgan fingerprint density at radius 2 is 1.94 bits per heavy atom. The van der Waals surface area contributed by atoms with Crippen molar-refractivity contribution in [1.82, 2.24) is 15.0 Å². The van der Waals surface area contributed by atoms with Gasteiger partial charge in [0.05, 0.1) is 19.3 Å². The molecule has 1 saturated heterocycles. The van der Waals surface area contributed by atoms with Crippen molar-refractivity contribution >= 4 is 17.9 Å². The van der Waals surface area contributed by atoms with Crippen LogP contribution in [-0.2, 0) is 6.18 Å². The predicted molar refractivity (Wildman–Crippen MR) is 116 cm³/mol. The van der Waals surface area contributed by atoms with Crippen molar-refractivity contribution in [1.29, 1.82) is 5.41 Å². The van der Waals surface area contributed by atoms with Crippen LogP contribution >= 0.6 is 0 Å². The van der Waals surface area contributed by atoms with Gasteiger partial charge in [-0.15, -0.1) is 0 Å². The summed E-state index contributed by atoms with van der Waals surface area (Å²) in [6, 6.07) is 3.63. The second-order valence-electron chi connectivity index (χ2n) is 8.81. The second kappa shape index (κ2) is 9.67.